The lowest BCUT2D eigenvalue weighted by Crippen LogP contribution is -1.93. The van der Waals surface area contributed by atoms with Crippen LogP contribution in [0.1, 0.15) is 18.9 Å². The lowest BCUT2D eigenvalue weighted by atomic mass is 10.0. The molecule has 0 N–H and O–H groups in total. The van der Waals surface area contributed by atoms with E-state index < -0.39 is 0 Å². The quantitative estimate of drug-likeness (QED) is 0.672. The van der Waals surface area contributed by atoms with Crippen LogP contribution in [0, 0.1) is 6.92 Å². The molecule has 3 aromatic rings. The van der Waals surface area contributed by atoms with Crippen molar-refractivity contribution >= 4 is 11.0 Å². The van der Waals surface area contributed by atoms with Crippen LogP contribution in [-0.4, -0.2) is 9.55 Å². The molecular weight excluding hydrogens is 232 g/mol. The third-order valence-electron chi connectivity index (χ3n) is 3.47. The lowest BCUT2D eigenvalue weighted by Gasteiger charge is -2.04. The van der Waals surface area contributed by atoms with E-state index in [4.69, 9.17) is 0 Å². The average molecular weight is 250 g/mol. The molecule has 0 amide bonds. The summed E-state index contributed by atoms with van der Waals surface area (Å²) in [5.41, 5.74) is 6.06. The molecule has 19 heavy (non-hydrogen) atoms. The first-order valence-electron chi connectivity index (χ1n) is 6.80. The maximum atomic E-state index is 4.50. The van der Waals surface area contributed by atoms with E-state index in [-0.39, 0.29) is 0 Å². The van der Waals surface area contributed by atoms with Crippen LogP contribution in [0.4, 0.5) is 0 Å². The summed E-state index contributed by atoms with van der Waals surface area (Å²) in [4.78, 5) is 4.50. The normalized spacial score (nSPS) is 11.1. The molecule has 2 nitrogen and oxygen atoms in total. The second-order valence-corrected chi connectivity index (χ2v) is 5.01. The predicted molar refractivity (Wildman–Crippen MR) is 80.2 cm³/mol. The van der Waals surface area contributed by atoms with Gasteiger partial charge in [0.2, 0.25) is 0 Å². The van der Waals surface area contributed by atoms with Crippen LogP contribution in [-0.2, 0) is 6.54 Å². The minimum absolute atomic E-state index is 1.03. The van der Waals surface area contributed by atoms with Gasteiger partial charge in [0.15, 0.2) is 0 Å². The summed E-state index contributed by atoms with van der Waals surface area (Å²) in [7, 11) is 0. The van der Waals surface area contributed by atoms with Gasteiger partial charge in [-0.2, -0.15) is 0 Å². The van der Waals surface area contributed by atoms with Crippen LogP contribution in [0.3, 0.4) is 0 Å². The summed E-state index contributed by atoms with van der Waals surface area (Å²) in [5, 5.41) is 0. The highest BCUT2D eigenvalue weighted by molar-refractivity contribution is 5.82. The van der Waals surface area contributed by atoms with Gasteiger partial charge in [-0.3, -0.25) is 0 Å². The standard InChI is InChI=1S/C17H18N2/c1-3-10-19-12-18-16-11-15(8-9-17(16)19)14-6-4-13(2)5-7-14/h4-9,11-12H,3,10H2,1-2H3. The van der Waals surface area contributed by atoms with Crippen molar-refractivity contribution in [3.8, 4) is 11.1 Å². The van der Waals surface area contributed by atoms with Crippen molar-refractivity contribution in [2.24, 2.45) is 0 Å². The first-order chi connectivity index (χ1) is 9.28. The molecule has 0 atom stereocenters. The number of aryl methyl sites for hydroxylation is 2. The molecule has 0 aliphatic heterocycles. The lowest BCUT2D eigenvalue weighted by molar-refractivity contribution is 0.697. The number of hydrogen-bond donors (Lipinski definition) is 0. The van der Waals surface area contributed by atoms with Crippen LogP contribution in [0.15, 0.2) is 48.8 Å². The zero-order chi connectivity index (χ0) is 13.2. The third-order valence-corrected chi connectivity index (χ3v) is 3.47. The zero-order valence-corrected chi connectivity index (χ0v) is 11.4. The number of rotatable bonds is 3. The molecule has 0 saturated carbocycles. The van der Waals surface area contributed by atoms with Gasteiger partial charge in [0.05, 0.1) is 17.4 Å². The van der Waals surface area contributed by atoms with Gasteiger partial charge in [-0.25, -0.2) is 4.98 Å². The minimum Gasteiger partial charge on any atom is -0.331 e. The van der Waals surface area contributed by atoms with Gasteiger partial charge in [0, 0.05) is 6.54 Å². The molecule has 2 heteroatoms. The van der Waals surface area contributed by atoms with Crippen LogP contribution in [0.25, 0.3) is 22.2 Å². The average Bonchev–Trinajstić information content (AvgIpc) is 2.83. The van der Waals surface area contributed by atoms with Crippen molar-refractivity contribution in [3.05, 3.63) is 54.4 Å². The van der Waals surface area contributed by atoms with Crippen LogP contribution in [0.2, 0.25) is 0 Å². The van der Waals surface area contributed by atoms with E-state index in [0.717, 1.165) is 18.5 Å². The second kappa shape index (κ2) is 4.88. The summed E-state index contributed by atoms with van der Waals surface area (Å²) in [6.45, 7) is 5.33. The van der Waals surface area contributed by atoms with E-state index in [0.29, 0.717) is 0 Å². The van der Waals surface area contributed by atoms with E-state index in [1.54, 1.807) is 0 Å². The van der Waals surface area contributed by atoms with Crippen molar-refractivity contribution in [1.82, 2.24) is 9.55 Å². The molecule has 2 aromatic carbocycles. The van der Waals surface area contributed by atoms with Gasteiger partial charge >= 0.3 is 0 Å². The topological polar surface area (TPSA) is 17.8 Å². The molecule has 0 fully saturated rings. The summed E-state index contributed by atoms with van der Waals surface area (Å²) in [5.74, 6) is 0. The fourth-order valence-corrected chi connectivity index (χ4v) is 2.41. The van der Waals surface area contributed by atoms with E-state index in [1.165, 1.54) is 22.2 Å². The number of nitrogens with zero attached hydrogens (tertiary/aromatic N) is 2. The van der Waals surface area contributed by atoms with Crippen molar-refractivity contribution < 1.29 is 0 Å². The Balaban J connectivity index is 2.04. The van der Waals surface area contributed by atoms with Crippen molar-refractivity contribution in [2.45, 2.75) is 26.8 Å². The molecule has 0 unspecified atom stereocenters. The zero-order valence-electron chi connectivity index (χ0n) is 11.4. The largest absolute Gasteiger partial charge is 0.331 e. The number of aromatic nitrogens is 2. The first-order valence-corrected chi connectivity index (χ1v) is 6.80. The van der Waals surface area contributed by atoms with Gasteiger partial charge in [-0.1, -0.05) is 42.8 Å². The fourth-order valence-electron chi connectivity index (χ4n) is 2.41. The van der Waals surface area contributed by atoms with Crippen molar-refractivity contribution in [3.63, 3.8) is 0 Å². The third kappa shape index (κ3) is 2.26. The van der Waals surface area contributed by atoms with Gasteiger partial charge < -0.3 is 4.57 Å². The van der Waals surface area contributed by atoms with E-state index in [9.17, 15) is 0 Å². The maximum Gasteiger partial charge on any atom is 0.0958 e. The van der Waals surface area contributed by atoms with Gasteiger partial charge in [0.1, 0.15) is 0 Å². The van der Waals surface area contributed by atoms with Gasteiger partial charge in [-0.15, -0.1) is 0 Å². The highest BCUT2D eigenvalue weighted by Gasteiger charge is 2.04. The number of benzene rings is 2. The molecule has 0 aliphatic carbocycles. The Morgan fingerprint density at radius 3 is 2.47 bits per heavy atom. The molecule has 0 spiro atoms. The molecule has 1 aromatic heterocycles. The smallest absolute Gasteiger partial charge is 0.0958 e. The highest BCUT2D eigenvalue weighted by atomic mass is 15.0. The molecule has 0 saturated heterocycles. The van der Waals surface area contributed by atoms with E-state index in [2.05, 4.69) is 65.9 Å². The Hall–Kier alpha value is -2.09. The van der Waals surface area contributed by atoms with Crippen LogP contribution < -0.4 is 0 Å². The van der Waals surface area contributed by atoms with Crippen molar-refractivity contribution in [2.75, 3.05) is 0 Å². The molecule has 0 bridgehead atoms. The van der Waals surface area contributed by atoms with Crippen LogP contribution >= 0.6 is 0 Å². The highest BCUT2D eigenvalue weighted by Crippen LogP contribution is 2.24. The second-order valence-electron chi connectivity index (χ2n) is 5.01. The van der Waals surface area contributed by atoms with Gasteiger partial charge in [-0.05, 0) is 36.6 Å². The summed E-state index contributed by atoms with van der Waals surface area (Å²) < 4.78 is 2.22. The number of imidazole rings is 1. The maximum absolute atomic E-state index is 4.50. The molecule has 96 valence electrons. The fraction of sp³-hybridized carbons (Fsp3) is 0.235. The molecule has 0 aliphatic rings. The Morgan fingerprint density at radius 1 is 1.00 bits per heavy atom. The van der Waals surface area contributed by atoms with E-state index >= 15 is 0 Å². The number of fused-ring (bicyclic) bond motifs is 1. The Morgan fingerprint density at radius 2 is 1.74 bits per heavy atom. The van der Waals surface area contributed by atoms with E-state index in [1.807, 2.05) is 6.33 Å². The first kappa shape index (κ1) is 12.0. The Labute approximate surface area is 113 Å². The molecule has 3 rings (SSSR count). The summed E-state index contributed by atoms with van der Waals surface area (Å²) >= 11 is 0. The Kier molecular flexibility index (Phi) is 3.08. The molecular formula is C17H18N2. The molecule has 1 heterocycles. The summed E-state index contributed by atoms with van der Waals surface area (Å²) in [6.07, 6.45) is 3.07. The van der Waals surface area contributed by atoms with Crippen LogP contribution in [0.5, 0.6) is 0 Å². The van der Waals surface area contributed by atoms with Gasteiger partial charge in [0.25, 0.3) is 0 Å². The predicted octanol–water partition coefficient (Wildman–Crippen LogP) is 4.42. The monoisotopic (exact) mass is 250 g/mol. The molecule has 0 radical (unpaired) electrons. The van der Waals surface area contributed by atoms with Crippen molar-refractivity contribution in [1.29, 1.82) is 0 Å². The Bertz CT molecular complexity index is 693. The summed E-state index contributed by atoms with van der Waals surface area (Å²) in [6, 6.07) is 15.2. The SMILES string of the molecule is CCCn1cnc2cc(-c3ccc(C)cc3)ccc21. The minimum atomic E-state index is 1.03. The number of hydrogen-bond acceptors (Lipinski definition) is 1.